The largest absolute Gasteiger partial charge is 0.482 e. The number of rotatable bonds is 5. The fraction of sp³-hybridized carbons (Fsp3) is 0.273. The topological polar surface area (TPSA) is 78.6 Å². The maximum Gasteiger partial charge on any atom is 0.344 e. The molecule has 0 heterocycles. The van der Waals surface area contributed by atoms with Crippen molar-refractivity contribution in [3.63, 3.8) is 0 Å². The second-order valence-electron chi connectivity index (χ2n) is 3.28. The molecule has 0 bridgehead atoms. The number of esters is 1. The third-order valence-electron chi connectivity index (χ3n) is 1.88. The number of halogens is 1. The molecular weight excluding hydrogens is 229 g/mol. The zero-order chi connectivity index (χ0) is 12.8. The van der Waals surface area contributed by atoms with Crippen molar-refractivity contribution in [3.05, 3.63) is 30.1 Å². The molecule has 5 nitrogen and oxygen atoms in total. The Kier molecular flexibility index (Phi) is 4.45. The first-order valence-electron chi connectivity index (χ1n) is 4.86. The van der Waals surface area contributed by atoms with Crippen LogP contribution in [0, 0.1) is 5.82 Å². The molecule has 0 radical (unpaired) electrons. The van der Waals surface area contributed by atoms with E-state index in [1.807, 2.05) is 0 Å². The average molecular weight is 241 g/mol. The first-order valence-corrected chi connectivity index (χ1v) is 4.86. The van der Waals surface area contributed by atoms with E-state index in [1.165, 1.54) is 31.2 Å². The zero-order valence-electron chi connectivity index (χ0n) is 9.18. The second-order valence-corrected chi connectivity index (χ2v) is 3.28. The van der Waals surface area contributed by atoms with Gasteiger partial charge in [0.05, 0.1) is 0 Å². The Bertz CT molecular complexity index is 404. The van der Waals surface area contributed by atoms with Crippen LogP contribution in [0.15, 0.2) is 24.3 Å². The van der Waals surface area contributed by atoms with Gasteiger partial charge in [-0.2, -0.15) is 0 Å². The first kappa shape index (κ1) is 13.0. The molecule has 0 aliphatic carbocycles. The molecule has 1 amide bonds. The van der Waals surface area contributed by atoms with Gasteiger partial charge in [-0.05, 0) is 31.2 Å². The van der Waals surface area contributed by atoms with Crippen molar-refractivity contribution in [2.45, 2.75) is 13.0 Å². The summed E-state index contributed by atoms with van der Waals surface area (Å²) >= 11 is 0. The highest BCUT2D eigenvalue weighted by Gasteiger charge is 2.14. The van der Waals surface area contributed by atoms with Crippen LogP contribution in [0.3, 0.4) is 0 Å². The van der Waals surface area contributed by atoms with Gasteiger partial charge in [-0.25, -0.2) is 9.18 Å². The fourth-order valence-corrected chi connectivity index (χ4v) is 0.962. The van der Waals surface area contributed by atoms with E-state index >= 15 is 0 Å². The van der Waals surface area contributed by atoms with Crippen LogP contribution in [-0.2, 0) is 14.3 Å². The van der Waals surface area contributed by atoms with Gasteiger partial charge in [0.1, 0.15) is 11.6 Å². The first-order chi connectivity index (χ1) is 7.99. The number of hydrogen-bond donors (Lipinski definition) is 1. The summed E-state index contributed by atoms with van der Waals surface area (Å²) in [6, 6.07) is 5.15. The summed E-state index contributed by atoms with van der Waals surface area (Å²) in [5.74, 6) is -1.53. The molecule has 0 aromatic heterocycles. The van der Waals surface area contributed by atoms with E-state index < -0.39 is 23.8 Å². The Balaban J connectivity index is 2.38. The van der Waals surface area contributed by atoms with Gasteiger partial charge in [-0.1, -0.05) is 0 Å². The van der Waals surface area contributed by atoms with Crippen LogP contribution in [0.1, 0.15) is 6.92 Å². The highest BCUT2D eigenvalue weighted by atomic mass is 19.1. The number of amides is 1. The van der Waals surface area contributed by atoms with Crippen LogP contribution < -0.4 is 10.5 Å². The fourth-order valence-electron chi connectivity index (χ4n) is 0.962. The second kappa shape index (κ2) is 5.83. The smallest absolute Gasteiger partial charge is 0.344 e. The summed E-state index contributed by atoms with van der Waals surface area (Å²) < 4.78 is 22.2. The lowest BCUT2D eigenvalue weighted by molar-refractivity contribution is -0.155. The Morgan fingerprint density at radius 2 is 1.94 bits per heavy atom. The van der Waals surface area contributed by atoms with Crippen molar-refractivity contribution in [2.75, 3.05) is 6.61 Å². The Morgan fingerprint density at radius 3 is 2.47 bits per heavy atom. The predicted molar refractivity (Wildman–Crippen MR) is 56.6 cm³/mol. The Labute approximate surface area is 97.3 Å². The molecule has 1 rings (SSSR count). The maximum absolute atomic E-state index is 12.5. The molecule has 0 saturated carbocycles. The van der Waals surface area contributed by atoms with Gasteiger partial charge in [-0.15, -0.1) is 0 Å². The van der Waals surface area contributed by atoms with Gasteiger partial charge in [0, 0.05) is 0 Å². The van der Waals surface area contributed by atoms with Crippen molar-refractivity contribution in [1.29, 1.82) is 0 Å². The van der Waals surface area contributed by atoms with Crippen molar-refractivity contribution in [3.8, 4) is 5.75 Å². The molecule has 0 aliphatic heterocycles. The summed E-state index contributed by atoms with van der Waals surface area (Å²) in [6.07, 6.45) is -1.00. The van der Waals surface area contributed by atoms with Crippen LogP contribution in [0.25, 0.3) is 0 Å². The monoisotopic (exact) mass is 241 g/mol. The number of hydrogen-bond acceptors (Lipinski definition) is 4. The number of nitrogens with two attached hydrogens (primary N) is 1. The van der Waals surface area contributed by atoms with E-state index in [4.69, 9.17) is 10.5 Å². The van der Waals surface area contributed by atoms with Crippen LogP contribution in [0.4, 0.5) is 4.39 Å². The van der Waals surface area contributed by atoms with Gasteiger partial charge in [-0.3, -0.25) is 4.79 Å². The summed E-state index contributed by atoms with van der Waals surface area (Å²) in [7, 11) is 0. The molecule has 0 spiro atoms. The predicted octanol–water partition coefficient (Wildman–Crippen LogP) is 0.622. The number of carbonyl (C=O) groups is 2. The zero-order valence-corrected chi connectivity index (χ0v) is 9.18. The van der Waals surface area contributed by atoms with E-state index in [1.54, 1.807) is 0 Å². The third-order valence-corrected chi connectivity index (χ3v) is 1.88. The Morgan fingerprint density at radius 1 is 1.35 bits per heavy atom. The summed E-state index contributed by atoms with van der Waals surface area (Å²) in [5.41, 5.74) is 4.91. The summed E-state index contributed by atoms with van der Waals surface area (Å²) in [5, 5.41) is 0. The van der Waals surface area contributed by atoms with Crippen molar-refractivity contribution < 1.29 is 23.5 Å². The van der Waals surface area contributed by atoms with Crippen molar-refractivity contribution in [1.82, 2.24) is 0 Å². The van der Waals surface area contributed by atoms with Gasteiger partial charge >= 0.3 is 5.97 Å². The quantitative estimate of drug-likeness (QED) is 0.766. The highest BCUT2D eigenvalue weighted by molar-refractivity contribution is 5.82. The Hall–Kier alpha value is -2.11. The number of carbonyl (C=O) groups excluding carboxylic acids is 2. The highest BCUT2D eigenvalue weighted by Crippen LogP contribution is 2.10. The SMILES string of the molecule is C[C@H](OC(=O)COc1ccc(F)cc1)C(N)=O. The van der Waals surface area contributed by atoms with Gasteiger partial charge in [0.25, 0.3) is 5.91 Å². The van der Waals surface area contributed by atoms with Crippen molar-refractivity contribution in [2.24, 2.45) is 5.73 Å². The normalized spacial score (nSPS) is 11.6. The minimum Gasteiger partial charge on any atom is -0.482 e. The average Bonchev–Trinajstić information content (AvgIpc) is 2.28. The molecule has 1 atom stereocenters. The maximum atomic E-state index is 12.5. The molecule has 92 valence electrons. The molecule has 1 aromatic rings. The minimum atomic E-state index is -1.00. The molecule has 1 aromatic carbocycles. The number of ether oxygens (including phenoxy) is 2. The van der Waals surface area contributed by atoms with E-state index in [-0.39, 0.29) is 6.61 Å². The molecule has 2 N–H and O–H groups in total. The van der Waals surface area contributed by atoms with Crippen molar-refractivity contribution >= 4 is 11.9 Å². The molecule has 0 fully saturated rings. The minimum absolute atomic E-state index is 0.329. The van der Waals surface area contributed by atoms with Gasteiger partial charge < -0.3 is 15.2 Å². The molecule has 6 heteroatoms. The molecule has 0 aliphatic rings. The van der Waals surface area contributed by atoms with E-state index in [9.17, 15) is 14.0 Å². The molecule has 17 heavy (non-hydrogen) atoms. The van der Waals surface area contributed by atoms with Crippen LogP contribution in [0.2, 0.25) is 0 Å². The van der Waals surface area contributed by atoms with E-state index in [2.05, 4.69) is 4.74 Å². The molecule has 0 unspecified atom stereocenters. The van der Waals surface area contributed by atoms with Crippen LogP contribution >= 0.6 is 0 Å². The molecular formula is C11H12FNO4. The van der Waals surface area contributed by atoms with Gasteiger partial charge in [0.2, 0.25) is 0 Å². The van der Waals surface area contributed by atoms with Crippen LogP contribution in [-0.4, -0.2) is 24.6 Å². The van der Waals surface area contributed by atoms with Crippen LogP contribution in [0.5, 0.6) is 5.75 Å². The van der Waals surface area contributed by atoms with E-state index in [0.717, 1.165) is 0 Å². The lowest BCUT2D eigenvalue weighted by Crippen LogP contribution is -2.32. The number of primary amides is 1. The van der Waals surface area contributed by atoms with Gasteiger partial charge in [0.15, 0.2) is 12.7 Å². The standard InChI is InChI=1S/C11H12FNO4/c1-7(11(13)15)17-10(14)6-16-9-4-2-8(12)3-5-9/h2-5,7H,6H2,1H3,(H2,13,15)/t7-/m0/s1. The molecule has 0 saturated heterocycles. The van der Waals surface area contributed by atoms with E-state index in [0.29, 0.717) is 5.75 Å². The lowest BCUT2D eigenvalue weighted by atomic mass is 10.3. The summed E-state index contributed by atoms with van der Waals surface area (Å²) in [4.78, 5) is 21.8. The summed E-state index contributed by atoms with van der Waals surface area (Å²) in [6.45, 7) is 0.987. The number of benzene rings is 1. The lowest BCUT2D eigenvalue weighted by Gasteiger charge is -2.10. The third kappa shape index (κ3) is 4.50.